The molecule has 2 aromatic rings. The fourth-order valence-electron chi connectivity index (χ4n) is 3.45. The number of hydrogen-bond donors (Lipinski definition) is 2. The minimum atomic E-state index is -0.411. The van der Waals surface area contributed by atoms with Gasteiger partial charge in [-0.3, -0.25) is 4.79 Å². The molecule has 1 aromatic heterocycles. The maximum Gasteiger partial charge on any atom is 0.274 e. The predicted molar refractivity (Wildman–Crippen MR) is 95.7 cm³/mol. The highest BCUT2D eigenvalue weighted by Crippen LogP contribution is 2.26. The number of methoxy groups -OCH3 is 1. The number of carbonyl (C=O) groups is 1. The first-order valence-electron chi connectivity index (χ1n) is 8.69. The van der Waals surface area contributed by atoms with Crippen LogP contribution in [0, 0.1) is 6.92 Å². The summed E-state index contributed by atoms with van der Waals surface area (Å²) in [4.78, 5) is 22.6. The lowest BCUT2D eigenvalue weighted by atomic mass is 10.1. The van der Waals surface area contributed by atoms with E-state index in [9.17, 15) is 9.90 Å². The Hall–Kier alpha value is -2.34. The van der Waals surface area contributed by atoms with Crippen molar-refractivity contribution in [3.63, 3.8) is 0 Å². The van der Waals surface area contributed by atoms with Gasteiger partial charge in [-0.15, -0.1) is 0 Å². The summed E-state index contributed by atoms with van der Waals surface area (Å²) in [5, 5.41) is 9.67. The van der Waals surface area contributed by atoms with Gasteiger partial charge in [-0.05, 0) is 45.2 Å². The lowest BCUT2D eigenvalue weighted by molar-refractivity contribution is 0.0676. The van der Waals surface area contributed by atoms with E-state index in [-0.39, 0.29) is 11.9 Å². The molecule has 25 heavy (non-hydrogen) atoms. The van der Waals surface area contributed by atoms with Gasteiger partial charge in [0.15, 0.2) is 0 Å². The zero-order valence-corrected chi connectivity index (χ0v) is 15.0. The van der Waals surface area contributed by atoms with Crippen LogP contribution in [0.5, 0.6) is 5.75 Å². The summed E-state index contributed by atoms with van der Waals surface area (Å²) >= 11 is 0. The van der Waals surface area contributed by atoms with Gasteiger partial charge in [0.2, 0.25) is 0 Å². The fourth-order valence-corrected chi connectivity index (χ4v) is 3.45. The number of nitrogens with one attached hydrogen (secondary N) is 1. The molecular weight excluding hydrogens is 318 g/mol. The number of H-pyrrole nitrogens is 1. The quantitative estimate of drug-likeness (QED) is 0.875. The Morgan fingerprint density at radius 1 is 1.52 bits per heavy atom. The Balaban J connectivity index is 1.85. The average molecular weight is 343 g/mol. The molecule has 1 aromatic carbocycles. The lowest BCUT2D eigenvalue weighted by Crippen LogP contribution is -2.37. The Bertz CT molecular complexity index is 754. The van der Waals surface area contributed by atoms with Crippen LogP contribution in [-0.2, 0) is 0 Å². The molecule has 0 spiro atoms. The molecule has 6 heteroatoms. The van der Waals surface area contributed by atoms with E-state index in [1.165, 1.54) is 0 Å². The molecule has 0 aliphatic carbocycles. The van der Waals surface area contributed by atoms with Crippen LogP contribution in [0.4, 0.5) is 0 Å². The highest BCUT2D eigenvalue weighted by molar-refractivity contribution is 5.94. The van der Waals surface area contributed by atoms with Gasteiger partial charge in [0, 0.05) is 23.8 Å². The number of aromatic nitrogens is 2. The molecule has 1 aliphatic heterocycles. The third-order valence-corrected chi connectivity index (χ3v) is 4.68. The van der Waals surface area contributed by atoms with E-state index < -0.39 is 6.10 Å². The number of benzene rings is 1. The number of imidazole rings is 1. The summed E-state index contributed by atoms with van der Waals surface area (Å²) < 4.78 is 5.25. The fraction of sp³-hybridized carbons (Fsp3) is 0.474. The molecule has 1 fully saturated rings. The normalized spacial score (nSPS) is 18.4. The number of hydrogen-bond acceptors (Lipinski definition) is 4. The van der Waals surface area contributed by atoms with Crippen LogP contribution in [0.25, 0.3) is 11.4 Å². The molecular formula is C19H25N3O3. The largest absolute Gasteiger partial charge is 0.497 e. The molecule has 0 bridgehead atoms. The van der Waals surface area contributed by atoms with Crippen LogP contribution < -0.4 is 4.74 Å². The third kappa shape index (κ3) is 3.69. The second-order valence-electron chi connectivity index (χ2n) is 6.67. The van der Waals surface area contributed by atoms with Crippen molar-refractivity contribution in [2.75, 3.05) is 13.7 Å². The van der Waals surface area contributed by atoms with Crippen molar-refractivity contribution in [2.24, 2.45) is 0 Å². The maximum absolute atomic E-state index is 13.0. The highest BCUT2D eigenvalue weighted by atomic mass is 16.5. The zero-order valence-electron chi connectivity index (χ0n) is 15.0. The summed E-state index contributed by atoms with van der Waals surface area (Å²) in [5.41, 5.74) is 2.09. The van der Waals surface area contributed by atoms with Gasteiger partial charge in [-0.2, -0.15) is 0 Å². The Kier molecular flexibility index (Phi) is 5.08. The number of amides is 1. The summed E-state index contributed by atoms with van der Waals surface area (Å²) in [6, 6.07) is 7.67. The molecule has 6 nitrogen and oxygen atoms in total. The molecule has 0 saturated carbocycles. The SMILES string of the molecule is COc1cccc(-c2nc(C(=O)N3CCCC3CC(C)O)c(C)[nH]2)c1. The van der Waals surface area contributed by atoms with E-state index >= 15 is 0 Å². The van der Waals surface area contributed by atoms with Gasteiger partial charge < -0.3 is 19.7 Å². The van der Waals surface area contributed by atoms with E-state index in [1.54, 1.807) is 14.0 Å². The number of aliphatic hydroxyl groups is 1. The maximum atomic E-state index is 13.0. The number of aliphatic hydroxyl groups excluding tert-OH is 1. The first-order chi connectivity index (χ1) is 12.0. The van der Waals surface area contributed by atoms with Crippen molar-refractivity contribution in [2.45, 2.75) is 45.3 Å². The number of nitrogens with zero attached hydrogens (tertiary/aromatic N) is 2. The van der Waals surface area contributed by atoms with E-state index in [4.69, 9.17) is 4.74 Å². The molecule has 134 valence electrons. The van der Waals surface area contributed by atoms with E-state index in [2.05, 4.69) is 9.97 Å². The standard InChI is InChI=1S/C19H25N3O3/c1-12(23)10-15-7-5-9-22(15)19(24)17-13(2)20-18(21-17)14-6-4-8-16(11-14)25-3/h4,6,8,11-12,15,23H,5,7,9-10H2,1-3H3,(H,20,21). The summed E-state index contributed by atoms with van der Waals surface area (Å²) in [7, 11) is 1.62. The topological polar surface area (TPSA) is 78.4 Å². The number of aromatic amines is 1. The Morgan fingerprint density at radius 2 is 2.32 bits per heavy atom. The van der Waals surface area contributed by atoms with Crippen LogP contribution in [0.2, 0.25) is 0 Å². The minimum Gasteiger partial charge on any atom is -0.497 e. The lowest BCUT2D eigenvalue weighted by Gasteiger charge is -2.25. The molecule has 3 rings (SSSR count). The number of rotatable bonds is 5. The second kappa shape index (κ2) is 7.27. The Morgan fingerprint density at radius 3 is 3.04 bits per heavy atom. The van der Waals surface area contributed by atoms with Crippen molar-refractivity contribution in [3.05, 3.63) is 35.7 Å². The van der Waals surface area contributed by atoms with Crippen molar-refractivity contribution in [1.29, 1.82) is 0 Å². The van der Waals surface area contributed by atoms with Crippen LogP contribution in [0.15, 0.2) is 24.3 Å². The number of carbonyl (C=O) groups excluding carboxylic acids is 1. The predicted octanol–water partition coefficient (Wildman–Crippen LogP) is 2.77. The first-order valence-corrected chi connectivity index (χ1v) is 8.69. The van der Waals surface area contributed by atoms with E-state index in [0.717, 1.165) is 36.4 Å². The van der Waals surface area contributed by atoms with Crippen molar-refractivity contribution in [1.82, 2.24) is 14.9 Å². The Labute approximate surface area is 147 Å². The molecule has 2 atom stereocenters. The molecule has 0 radical (unpaired) electrons. The number of likely N-dealkylation sites (tertiary alicyclic amines) is 1. The first kappa shape index (κ1) is 17.5. The van der Waals surface area contributed by atoms with Crippen LogP contribution in [0.3, 0.4) is 0 Å². The van der Waals surface area contributed by atoms with Gasteiger partial charge in [-0.25, -0.2) is 4.98 Å². The number of aryl methyl sites for hydroxylation is 1. The van der Waals surface area contributed by atoms with Crippen LogP contribution in [0.1, 0.15) is 42.4 Å². The summed E-state index contributed by atoms with van der Waals surface area (Å²) in [6.45, 7) is 4.35. The molecule has 2 heterocycles. The van der Waals surface area contributed by atoms with Gasteiger partial charge in [0.05, 0.1) is 13.2 Å². The van der Waals surface area contributed by atoms with E-state index in [1.807, 2.05) is 36.1 Å². The van der Waals surface area contributed by atoms with Gasteiger partial charge in [0.1, 0.15) is 17.3 Å². The molecule has 2 N–H and O–H groups in total. The molecule has 1 amide bonds. The number of ether oxygens (including phenoxy) is 1. The molecule has 1 saturated heterocycles. The molecule has 2 unspecified atom stereocenters. The smallest absolute Gasteiger partial charge is 0.274 e. The van der Waals surface area contributed by atoms with Crippen LogP contribution in [-0.4, -0.2) is 51.7 Å². The second-order valence-corrected chi connectivity index (χ2v) is 6.67. The minimum absolute atomic E-state index is 0.0638. The van der Waals surface area contributed by atoms with Gasteiger partial charge in [-0.1, -0.05) is 12.1 Å². The van der Waals surface area contributed by atoms with Gasteiger partial charge in [0.25, 0.3) is 5.91 Å². The van der Waals surface area contributed by atoms with Crippen molar-refractivity contribution in [3.8, 4) is 17.1 Å². The van der Waals surface area contributed by atoms with E-state index in [0.29, 0.717) is 17.9 Å². The van der Waals surface area contributed by atoms with Crippen LogP contribution >= 0.6 is 0 Å². The summed E-state index contributed by atoms with van der Waals surface area (Å²) in [6.07, 6.45) is 2.10. The van der Waals surface area contributed by atoms with Crippen molar-refractivity contribution < 1.29 is 14.6 Å². The van der Waals surface area contributed by atoms with Gasteiger partial charge >= 0.3 is 0 Å². The monoisotopic (exact) mass is 343 g/mol. The highest BCUT2D eigenvalue weighted by Gasteiger charge is 2.32. The molecule has 1 aliphatic rings. The van der Waals surface area contributed by atoms with Crippen molar-refractivity contribution >= 4 is 5.91 Å². The average Bonchev–Trinajstić information content (AvgIpc) is 3.20. The summed E-state index contributed by atoms with van der Waals surface area (Å²) in [5.74, 6) is 1.34. The zero-order chi connectivity index (χ0) is 18.0. The third-order valence-electron chi connectivity index (χ3n) is 4.68.